The number of rotatable bonds is 9. The normalized spacial score (nSPS) is 10.6. The highest BCUT2D eigenvalue weighted by Gasteiger charge is 1.98. The fourth-order valence-electron chi connectivity index (χ4n) is 1.92. The van der Waals surface area contributed by atoms with Crippen molar-refractivity contribution < 1.29 is 9.84 Å². The Bertz CT molecular complexity index is 297. The molecule has 0 fully saturated rings. The first kappa shape index (κ1) is 14.0. The number of phenolic OH excluding ortho intramolecular Hbond substituents is 1. The minimum atomic E-state index is 0.434. The molecule has 0 heterocycles. The molecule has 96 valence electrons. The molecule has 2 heteroatoms. The third-order valence-corrected chi connectivity index (χ3v) is 2.93. The number of hydrogen-bond donors (Lipinski definition) is 1. The van der Waals surface area contributed by atoms with Gasteiger partial charge in [-0.05, 0) is 37.8 Å². The molecule has 0 aliphatic heterocycles. The van der Waals surface area contributed by atoms with Gasteiger partial charge in [0.2, 0.25) is 0 Å². The highest BCUT2D eigenvalue weighted by molar-refractivity contribution is 5.31. The van der Waals surface area contributed by atoms with Crippen LogP contribution in [0.1, 0.15) is 44.6 Å². The average Bonchev–Trinajstić information content (AvgIpc) is 2.35. The largest absolute Gasteiger partial charge is 0.508 e. The molecule has 0 saturated heterocycles. The molecule has 0 spiro atoms. The Morgan fingerprint density at radius 3 is 2.47 bits per heavy atom. The smallest absolute Gasteiger partial charge is 0.118 e. The number of ether oxygens (including phenoxy) is 1. The van der Waals surface area contributed by atoms with Gasteiger partial charge in [0.05, 0.1) is 0 Å². The van der Waals surface area contributed by atoms with Gasteiger partial charge in [-0.2, -0.15) is 0 Å². The number of aryl methyl sites for hydroxylation is 1. The topological polar surface area (TPSA) is 29.5 Å². The molecule has 0 aliphatic carbocycles. The van der Waals surface area contributed by atoms with Gasteiger partial charge in [-0.3, -0.25) is 0 Å². The third kappa shape index (κ3) is 6.32. The zero-order valence-corrected chi connectivity index (χ0v) is 10.8. The zero-order chi connectivity index (χ0) is 12.3. The van der Waals surface area contributed by atoms with Gasteiger partial charge in [0.25, 0.3) is 0 Å². The second kappa shape index (κ2) is 9.06. The maximum absolute atomic E-state index is 9.59. The predicted molar refractivity (Wildman–Crippen MR) is 71.4 cm³/mol. The molecule has 0 radical (unpaired) electrons. The molecule has 0 bridgehead atoms. The van der Waals surface area contributed by atoms with E-state index in [9.17, 15) is 5.11 Å². The highest BCUT2D eigenvalue weighted by Crippen LogP contribution is 2.18. The van der Waals surface area contributed by atoms with E-state index in [1.807, 2.05) is 25.1 Å². The van der Waals surface area contributed by atoms with Gasteiger partial charge < -0.3 is 9.84 Å². The molecule has 2 nitrogen and oxygen atoms in total. The van der Waals surface area contributed by atoms with Crippen molar-refractivity contribution >= 4 is 0 Å². The van der Waals surface area contributed by atoms with E-state index in [1.165, 1.54) is 25.7 Å². The van der Waals surface area contributed by atoms with Crippen LogP contribution in [0.4, 0.5) is 0 Å². The summed E-state index contributed by atoms with van der Waals surface area (Å²) in [5, 5.41) is 9.59. The summed E-state index contributed by atoms with van der Waals surface area (Å²) in [5.74, 6) is 0.434. The summed E-state index contributed by atoms with van der Waals surface area (Å²) < 4.78 is 5.29. The fraction of sp³-hybridized carbons (Fsp3) is 0.600. The Labute approximate surface area is 105 Å². The number of phenols is 1. The van der Waals surface area contributed by atoms with Crippen LogP contribution in [0, 0.1) is 0 Å². The molecule has 0 amide bonds. The van der Waals surface area contributed by atoms with E-state index >= 15 is 0 Å². The van der Waals surface area contributed by atoms with E-state index in [-0.39, 0.29) is 0 Å². The number of unbranched alkanes of at least 4 members (excludes halogenated alkanes) is 4. The van der Waals surface area contributed by atoms with Gasteiger partial charge >= 0.3 is 0 Å². The number of para-hydroxylation sites is 1. The van der Waals surface area contributed by atoms with Crippen LogP contribution in [0.2, 0.25) is 0 Å². The van der Waals surface area contributed by atoms with Gasteiger partial charge in [-0.15, -0.1) is 0 Å². The molecule has 0 atom stereocenters. The van der Waals surface area contributed by atoms with E-state index in [4.69, 9.17) is 4.74 Å². The lowest BCUT2D eigenvalue weighted by Crippen LogP contribution is -1.93. The molecular weight excluding hydrogens is 212 g/mol. The molecule has 0 aliphatic rings. The highest BCUT2D eigenvalue weighted by atomic mass is 16.5. The minimum Gasteiger partial charge on any atom is -0.508 e. The summed E-state index contributed by atoms with van der Waals surface area (Å²) in [5.41, 5.74) is 1.07. The van der Waals surface area contributed by atoms with Crippen molar-refractivity contribution in [1.82, 2.24) is 0 Å². The summed E-state index contributed by atoms with van der Waals surface area (Å²) in [6, 6.07) is 7.62. The quantitative estimate of drug-likeness (QED) is 0.658. The molecule has 1 aromatic carbocycles. The van der Waals surface area contributed by atoms with Crippen molar-refractivity contribution in [3.05, 3.63) is 29.8 Å². The lowest BCUT2D eigenvalue weighted by molar-refractivity contribution is 0.143. The maximum atomic E-state index is 9.59. The molecule has 1 N–H and O–H groups in total. The summed E-state index contributed by atoms with van der Waals surface area (Å²) in [6.45, 7) is 3.76. The summed E-state index contributed by atoms with van der Waals surface area (Å²) in [7, 11) is 0. The summed E-state index contributed by atoms with van der Waals surface area (Å²) >= 11 is 0. The van der Waals surface area contributed by atoms with Crippen LogP contribution in [0.5, 0.6) is 5.75 Å². The van der Waals surface area contributed by atoms with Crippen LogP contribution in [0.25, 0.3) is 0 Å². The molecule has 0 unspecified atom stereocenters. The second-order valence-electron chi connectivity index (χ2n) is 4.34. The molecular formula is C15H24O2. The van der Waals surface area contributed by atoms with E-state index in [2.05, 4.69) is 0 Å². The van der Waals surface area contributed by atoms with Crippen LogP contribution in [0.3, 0.4) is 0 Å². The zero-order valence-electron chi connectivity index (χ0n) is 10.8. The molecule has 17 heavy (non-hydrogen) atoms. The van der Waals surface area contributed by atoms with Crippen LogP contribution in [-0.4, -0.2) is 18.3 Å². The van der Waals surface area contributed by atoms with Crippen molar-refractivity contribution in [3.63, 3.8) is 0 Å². The van der Waals surface area contributed by atoms with E-state index < -0.39 is 0 Å². The van der Waals surface area contributed by atoms with E-state index in [0.29, 0.717) is 5.75 Å². The Balaban J connectivity index is 1.99. The first-order chi connectivity index (χ1) is 8.34. The van der Waals surface area contributed by atoms with Crippen molar-refractivity contribution in [1.29, 1.82) is 0 Å². The van der Waals surface area contributed by atoms with Crippen LogP contribution in [0.15, 0.2) is 24.3 Å². The molecule has 1 rings (SSSR count). The molecule has 0 aromatic heterocycles. The van der Waals surface area contributed by atoms with Gasteiger partial charge in [-0.25, -0.2) is 0 Å². The van der Waals surface area contributed by atoms with Crippen molar-refractivity contribution in [2.45, 2.75) is 45.4 Å². The second-order valence-corrected chi connectivity index (χ2v) is 4.34. The van der Waals surface area contributed by atoms with Gasteiger partial charge in [0, 0.05) is 13.2 Å². The first-order valence-electron chi connectivity index (χ1n) is 6.69. The lowest BCUT2D eigenvalue weighted by Gasteiger charge is -2.04. The summed E-state index contributed by atoms with van der Waals surface area (Å²) in [6.07, 6.45) is 7.07. The molecule has 1 aromatic rings. The fourth-order valence-corrected chi connectivity index (χ4v) is 1.92. The standard InChI is InChI=1S/C15H24O2/c1-2-17-13-9-5-3-4-6-10-14-11-7-8-12-15(14)16/h7-8,11-12,16H,2-6,9-10,13H2,1H3. The Kier molecular flexibility index (Phi) is 7.48. The van der Waals surface area contributed by atoms with Crippen LogP contribution < -0.4 is 0 Å². The number of benzene rings is 1. The number of aromatic hydroxyl groups is 1. The van der Waals surface area contributed by atoms with Gasteiger partial charge in [0.1, 0.15) is 5.75 Å². The SMILES string of the molecule is CCOCCCCCCCc1ccccc1O. The Hall–Kier alpha value is -1.02. The van der Waals surface area contributed by atoms with Gasteiger partial charge in [-0.1, -0.05) is 37.5 Å². The monoisotopic (exact) mass is 236 g/mol. The first-order valence-corrected chi connectivity index (χ1v) is 6.69. The predicted octanol–water partition coefficient (Wildman–Crippen LogP) is 3.92. The summed E-state index contributed by atoms with van der Waals surface area (Å²) in [4.78, 5) is 0. The van der Waals surface area contributed by atoms with Crippen molar-refractivity contribution in [3.8, 4) is 5.75 Å². The van der Waals surface area contributed by atoms with Crippen molar-refractivity contribution in [2.24, 2.45) is 0 Å². The molecule has 0 saturated carbocycles. The third-order valence-electron chi connectivity index (χ3n) is 2.93. The van der Waals surface area contributed by atoms with E-state index in [0.717, 1.165) is 31.6 Å². The average molecular weight is 236 g/mol. The van der Waals surface area contributed by atoms with Gasteiger partial charge in [0.15, 0.2) is 0 Å². The van der Waals surface area contributed by atoms with Crippen molar-refractivity contribution in [2.75, 3.05) is 13.2 Å². The van der Waals surface area contributed by atoms with Crippen LogP contribution in [-0.2, 0) is 11.2 Å². The van der Waals surface area contributed by atoms with E-state index in [1.54, 1.807) is 6.07 Å². The maximum Gasteiger partial charge on any atom is 0.118 e. The Morgan fingerprint density at radius 2 is 1.71 bits per heavy atom. The minimum absolute atomic E-state index is 0.434. The Morgan fingerprint density at radius 1 is 1.00 bits per heavy atom. The number of hydrogen-bond acceptors (Lipinski definition) is 2. The van der Waals surface area contributed by atoms with Crippen LogP contribution >= 0.6 is 0 Å². The lowest BCUT2D eigenvalue weighted by atomic mass is 10.0.